The van der Waals surface area contributed by atoms with Crippen LogP contribution in [0.3, 0.4) is 0 Å². The van der Waals surface area contributed by atoms with Gasteiger partial charge in [0, 0.05) is 16.8 Å². The van der Waals surface area contributed by atoms with E-state index in [1.54, 1.807) is 11.3 Å². The van der Waals surface area contributed by atoms with E-state index in [1.165, 1.54) is 15.3 Å². The fourth-order valence-electron chi connectivity index (χ4n) is 2.41. The third-order valence-corrected chi connectivity index (χ3v) is 5.83. The molecule has 0 saturated carbocycles. The predicted molar refractivity (Wildman–Crippen MR) is 95.8 cm³/mol. The van der Waals surface area contributed by atoms with Gasteiger partial charge in [-0.05, 0) is 36.1 Å². The second-order valence-electron chi connectivity index (χ2n) is 5.10. The van der Waals surface area contributed by atoms with Crippen molar-refractivity contribution in [2.75, 3.05) is 5.33 Å². The molecule has 0 radical (unpaired) electrons. The molecule has 108 valence electrons. The summed E-state index contributed by atoms with van der Waals surface area (Å²) in [5, 5.41) is 3.01. The maximum absolute atomic E-state index is 6.26. The molecule has 3 rings (SSSR count). The summed E-state index contributed by atoms with van der Waals surface area (Å²) in [6, 6.07) is 16.4. The Hall–Kier alpha value is -0.900. The summed E-state index contributed by atoms with van der Waals surface area (Å²) in [5.41, 5.74) is 2.31. The molecule has 0 spiro atoms. The highest BCUT2D eigenvalue weighted by Crippen LogP contribution is 2.27. The number of halogens is 2. The zero-order chi connectivity index (χ0) is 14.7. The first-order valence-electron chi connectivity index (χ1n) is 6.90. The van der Waals surface area contributed by atoms with Gasteiger partial charge < -0.3 is 0 Å². The lowest BCUT2D eigenvalue weighted by atomic mass is 9.98. The smallest absolute Gasteiger partial charge is 0.0941 e. The number of thiazole rings is 1. The van der Waals surface area contributed by atoms with E-state index >= 15 is 0 Å². The third-order valence-electron chi connectivity index (χ3n) is 3.49. The molecule has 1 atom stereocenters. The van der Waals surface area contributed by atoms with Crippen molar-refractivity contribution in [1.29, 1.82) is 0 Å². The zero-order valence-corrected chi connectivity index (χ0v) is 14.6. The van der Waals surface area contributed by atoms with Crippen LogP contribution in [-0.4, -0.2) is 10.3 Å². The van der Waals surface area contributed by atoms with E-state index in [0.717, 1.165) is 28.7 Å². The average Bonchev–Trinajstić information content (AvgIpc) is 2.91. The van der Waals surface area contributed by atoms with E-state index in [-0.39, 0.29) is 0 Å². The van der Waals surface area contributed by atoms with Gasteiger partial charge in [0.2, 0.25) is 0 Å². The standard InChI is InChI=1S/C17H15BrClNS/c18-11-12(9-13-5-1-2-6-14(13)19)10-17-20-15-7-3-4-8-16(15)21-17/h1-8,12H,9-11H2. The number of alkyl halides is 1. The summed E-state index contributed by atoms with van der Waals surface area (Å²) in [7, 11) is 0. The van der Waals surface area contributed by atoms with Gasteiger partial charge in [-0.3, -0.25) is 0 Å². The zero-order valence-electron chi connectivity index (χ0n) is 11.4. The number of nitrogens with zero attached hydrogens (tertiary/aromatic N) is 1. The van der Waals surface area contributed by atoms with E-state index < -0.39 is 0 Å². The summed E-state index contributed by atoms with van der Waals surface area (Å²) in [5.74, 6) is 0.505. The third kappa shape index (κ3) is 3.65. The monoisotopic (exact) mass is 379 g/mol. The summed E-state index contributed by atoms with van der Waals surface area (Å²) >= 11 is 11.7. The van der Waals surface area contributed by atoms with Crippen molar-refractivity contribution < 1.29 is 0 Å². The molecule has 21 heavy (non-hydrogen) atoms. The van der Waals surface area contributed by atoms with Gasteiger partial charge in [0.05, 0.1) is 15.2 Å². The van der Waals surface area contributed by atoms with Crippen molar-refractivity contribution in [3.8, 4) is 0 Å². The molecule has 1 unspecified atom stereocenters. The maximum Gasteiger partial charge on any atom is 0.0941 e. The van der Waals surface area contributed by atoms with Gasteiger partial charge >= 0.3 is 0 Å². The average molecular weight is 381 g/mol. The van der Waals surface area contributed by atoms with E-state index in [9.17, 15) is 0 Å². The molecule has 0 saturated heterocycles. The van der Waals surface area contributed by atoms with Gasteiger partial charge in [-0.1, -0.05) is 57.9 Å². The number of para-hydroxylation sites is 1. The predicted octanol–water partition coefficient (Wildman–Crippen LogP) is 5.75. The molecular weight excluding hydrogens is 366 g/mol. The molecule has 4 heteroatoms. The van der Waals surface area contributed by atoms with Gasteiger partial charge in [-0.15, -0.1) is 11.3 Å². The number of fused-ring (bicyclic) bond motifs is 1. The largest absolute Gasteiger partial charge is 0.241 e. The maximum atomic E-state index is 6.26. The van der Waals surface area contributed by atoms with Crippen molar-refractivity contribution in [3.63, 3.8) is 0 Å². The quantitative estimate of drug-likeness (QED) is 0.514. The van der Waals surface area contributed by atoms with Gasteiger partial charge in [0.15, 0.2) is 0 Å². The number of rotatable bonds is 5. The molecule has 1 heterocycles. The Labute approximate surface area is 142 Å². The Kier molecular flexibility index (Phi) is 4.94. The molecule has 0 fully saturated rings. The molecule has 0 aliphatic rings. The van der Waals surface area contributed by atoms with E-state index in [4.69, 9.17) is 16.6 Å². The molecule has 0 aliphatic heterocycles. The van der Waals surface area contributed by atoms with E-state index in [2.05, 4.69) is 40.2 Å². The molecule has 0 N–H and O–H groups in total. The molecule has 1 aromatic heterocycles. The van der Waals surface area contributed by atoms with E-state index in [1.807, 2.05) is 24.3 Å². The number of benzene rings is 2. The Balaban J connectivity index is 1.76. The lowest BCUT2D eigenvalue weighted by Gasteiger charge is -2.13. The summed E-state index contributed by atoms with van der Waals surface area (Å²) in [6.07, 6.45) is 1.96. The van der Waals surface area contributed by atoms with Crippen LogP contribution in [0.5, 0.6) is 0 Å². The first kappa shape index (κ1) is 15.0. The van der Waals surface area contributed by atoms with Crippen LogP contribution in [-0.2, 0) is 12.8 Å². The van der Waals surface area contributed by atoms with Gasteiger partial charge in [-0.2, -0.15) is 0 Å². The van der Waals surface area contributed by atoms with Crippen molar-refractivity contribution in [2.45, 2.75) is 12.8 Å². The van der Waals surface area contributed by atoms with Crippen LogP contribution in [0.15, 0.2) is 48.5 Å². The molecule has 0 bridgehead atoms. The van der Waals surface area contributed by atoms with Gasteiger partial charge in [-0.25, -0.2) is 4.98 Å². The lowest BCUT2D eigenvalue weighted by molar-refractivity contribution is 0.590. The van der Waals surface area contributed by atoms with Crippen LogP contribution in [0, 0.1) is 5.92 Å². The van der Waals surface area contributed by atoms with Crippen LogP contribution < -0.4 is 0 Å². The summed E-state index contributed by atoms with van der Waals surface area (Å²) < 4.78 is 1.26. The molecule has 0 aliphatic carbocycles. The minimum atomic E-state index is 0.505. The molecule has 0 amide bonds. The van der Waals surface area contributed by atoms with Crippen molar-refractivity contribution >= 4 is 49.1 Å². The summed E-state index contributed by atoms with van der Waals surface area (Å²) in [4.78, 5) is 4.73. The van der Waals surface area contributed by atoms with Gasteiger partial charge in [0.25, 0.3) is 0 Å². The topological polar surface area (TPSA) is 12.9 Å². The van der Waals surface area contributed by atoms with Crippen molar-refractivity contribution in [1.82, 2.24) is 4.98 Å². The van der Waals surface area contributed by atoms with Gasteiger partial charge in [0.1, 0.15) is 0 Å². The summed E-state index contributed by atoms with van der Waals surface area (Å²) in [6.45, 7) is 0. The Morgan fingerprint density at radius 3 is 2.57 bits per heavy atom. The first-order chi connectivity index (χ1) is 10.3. The fourth-order valence-corrected chi connectivity index (χ4v) is 4.16. The van der Waals surface area contributed by atoms with Crippen LogP contribution >= 0.6 is 38.9 Å². The Bertz CT molecular complexity index is 707. The SMILES string of the molecule is Clc1ccccc1CC(CBr)Cc1nc2ccccc2s1. The Morgan fingerprint density at radius 2 is 1.81 bits per heavy atom. The highest BCUT2D eigenvalue weighted by Gasteiger charge is 2.14. The lowest BCUT2D eigenvalue weighted by Crippen LogP contribution is -2.10. The van der Waals surface area contributed by atoms with Crippen molar-refractivity contribution in [2.24, 2.45) is 5.92 Å². The number of hydrogen-bond acceptors (Lipinski definition) is 2. The Morgan fingerprint density at radius 1 is 1.05 bits per heavy atom. The van der Waals surface area contributed by atoms with E-state index in [0.29, 0.717) is 5.92 Å². The minimum Gasteiger partial charge on any atom is -0.241 e. The number of aromatic nitrogens is 1. The molecule has 1 nitrogen and oxygen atoms in total. The highest BCUT2D eigenvalue weighted by molar-refractivity contribution is 9.09. The van der Waals surface area contributed by atoms with Crippen molar-refractivity contribution in [3.05, 3.63) is 64.1 Å². The molecular formula is C17H15BrClNS. The minimum absolute atomic E-state index is 0.505. The van der Waals surface area contributed by atoms with Crippen LogP contribution in [0.1, 0.15) is 10.6 Å². The number of hydrogen-bond donors (Lipinski definition) is 0. The fraction of sp³-hybridized carbons (Fsp3) is 0.235. The normalized spacial score (nSPS) is 12.7. The van der Waals surface area contributed by atoms with Crippen LogP contribution in [0.25, 0.3) is 10.2 Å². The first-order valence-corrected chi connectivity index (χ1v) is 9.21. The van der Waals surface area contributed by atoms with Crippen LogP contribution in [0.2, 0.25) is 5.02 Å². The van der Waals surface area contributed by atoms with Crippen LogP contribution in [0.4, 0.5) is 0 Å². The second-order valence-corrected chi connectivity index (χ2v) is 7.27. The second kappa shape index (κ2) is 6.91. The highest BCUT2D eigenvalue weighted by atomic mass is 79.9. The molecule has 3 aromatic rings. The molecule has 2 aromatic carbocycles.